The molecule has 1 saturated heterocycles. The quantitative estimate of drug-likeness (QED) is 0.816. The van der Waals surface area contributed by atoms with Gasteiger partial charge in [-0.25, -0.2) is 0 Å². The molecule has 1 heterocycles. The summed E-state index contributed by atoms with van der Waals surface area (Å²) in [7, 11) is 0. The van der Waals surface area contributed by atoms with E-state index in [0.717, 1.165) is 32.4 Å². The van der Waals surface area contributed by atoms with Crippen molar-refractivity contribution in [3.8, 4) is 0 Å². The van der Waals surface area contributed by atoms with Crippen molar-refractivity contribution in [1.82, 2.24) is 9.80 Å². The van der Waals surface area contributed by atoms with Gasteiger partial charge in [-0.2, -0.15) is 0 Å². The summed E-state index contributed by atoms with van der Waals surface area (Å²) < 4.78 is 0. The van der Waals surface area contributed by atoms with Crippen molar-refractivity contribution in [2.24, 2.45) is 5.92 Å². The Labute approximate surface area is 139 Å². The third-order valence-electron chi connectivity index (χ3n) is 5.71. The van der Waals surface area contributed by atoms with Gasteiger partial charge in [0.25, 0.3) is 0 Å². The van der Waals surface area contributed by atoms with Crippen LogP contribution in [0.5, 0.6) is 0 Å². The Hall–Kier alpha value is -1.10. The van der Waals surface area contributed by atoms with Gasteiger partial charge in [-0.15, -0.1) is 0 Å². The molecule has 3 fully saturated rings. The molecule has 0 aromatic heterocycles. The summed E-state index contributed by atoms with van der Waals surface area (Å²) in [5, 5.41) is 8.96. The standard InChI is InChI=1S/C18H30N2O3/c21-17(20(16-7-8-16)15-5-1-2-6-15)13-19-10-3-4-14(9-11-19)12-18(22)23/h14-16H,1-13H2,(H,22,23)/t14-/m0/s1. The first-order chi connectivity index (χ1) is 11.1. The van der Waals surface area contributed by atoms with Gasteiger partial charge in [0, 0.05) is 18.5 Å². The number of carbonyl (C=O) groups excluding carboxylic acids is 1. The topological polar surface area (TPSA) is 60.9 Å². The third-order valence-corrected chi connectivity index (χ3v) is 5.71. The van der Waals surface area contributed by atoms with E-state index in [2.05, 4.69) is 9.80 Å². The molecule has 23 heavy (non-hydrogen) atoms. The summed E-state index contributed by atoms with van der Waals surface area (Å²) in [5.41, 5.74) is 0. The van der Waals surface area contributed by atoms with Crippen LogP contribution in [0.3, 0.4) is 0 Å². The number of carboxylic acid groups (broad SMARTS) is 1. The zero-order valence-corrected chi connectivity index (χ0v) is 14.1. The summed E-state index contributed by atoms with van der Waals surface area (Å²) in [6, 6.07) is 0.999. The number of nitrogens with zero attached hydrogens (tertiary/aromatic N) is 2. The molecular weight excluding hydrogens is 292 g/mol. The summed E-state index contributed by atoms with van der Waals surface area (Å²) in [6.45, 7) is 2.34. The van der Waals surface area contributed by atoms with Crippen molar-refractivity contribution in [3.05, 3.63) is 0 Å². The van der Waals surface area contributed by atoms with E-state index in [1.807, 2.05) is 0 Å². The number of likely N-dealkylation sites (tertiary alicyclic amines) is 1. The van der Waals surface area contributed by atoms with Gasteiger partial charge in [0.1, 0.15) is 0 Å². The average molecular weight is 322 g/mol. The lowest BCUT2D eigenvalue weighted by Gasteiger charge is -2.31. The largest absolute Gasteiger partial charge is 0.481 e. The van der Waals surface area contributed by atoms with Gasteiger partial charge in [0.15, 0.2) is 0 Å². The fourth-order valence-corrected chi connectivity index (χ4v) is 4.35. The maximum absolute atomic E-state index is 12.8. The minimum absolute atomic E-state index is 0.276. The molecule has 0 radical (unpaired) electrons. The van der Waals surface area contributed by atoms with Crippen molar-refractivity contribution >= 4 is 11.9 Å². The van der Waals surface area contributed by atoms with Crippen LogP contribution in [0.15, 0.2) is 0 Å². The molecule has 0 aromatic rings. The third kappa shape index (κ3) is 4.69. The number of carboxylic acids is 1. The highest BCUT2D eigenvalue weighted by Crippen LogP contribution is 2.34. The molecule has 5 nitrogen and oxygen atoms in total. The Morgan fingerprint density at radius 2 is 1.61 bits per heavy atom. The van der Waals surface area contributed by atoms with Crippen LogP contribution in [0.2, 0.25) is 0 Å². The summed E-state index contributed by atoms with van der Waals surface area (Å²) in [4.78, 5) is 28.2. The molecule has 0 unspecified atom stereocenters. The van der Waals surface area contributed by atoms with Gasteiger partial charge < -0.3 is 10.0 Å². The van der Waals surface area contributed by atoms with Crippen LogP contribution < -0.4 is 0 Å². The molecule has 1 atom stereocenters. The Morgan fingerprint density at radius 1 is 0.913 bits per heavy atom. The predicted molar refractivity (Wildman–Crippen MR) is 88.2 cm³/mol. The van der Waals surface area contributed by atoms with Gasteiger partial charge >= 0.3 is 5.97 Å². The van der Waals surface area contributed by atoms with Gasteiger partial charge in [-0.05, 0) is 64.0 Å². The normalized spacial score (nSPS) is 26.9. The molecule has 5 heteroatoms. The molecule has 2 aliphatic carbocycles. The zero-order valence-electron chi connectivity index (χ0n) is 14.1. The van der Waals surface area contributed by atoms with Crippen molar-refractivity contribution in [1.29, 1.82) is 0 Å². The summed E-state index contributed by atoms with van der Waals surface area (Å²) in [5.74, 6) is -0.0984. The van der Waals surface area contributed by atoms with E-state index >= 15 is 0 Å². The van der Waals surface area contributed by atoms with Crippen LogP contribution in [-0.2, 0) is 9.59 Å². The predicted octanol–water partition coefficient (Wildman–Crippen LogP) is 2.50. The minimum Gasteiger partial charge on any atom is -0.481 e. The lowest BCUT2D eigenvalue weighted by atomic mass is 9.97. The minimum atomic E-state index is -0.694. The molecule has 1 aliphatic heterocycles. The maximum atomic E-state index is 12.8. The highest BCUT2D eigenvalue weighted by atomic mass is 16.4. The van der Waals surface area contributed by atoms with Crippen LogP contribution in [0.4, 0.5) is 0 Å². The first kappa shape index (κ1) is 16.7. The Kier molecular flexibility index (Phi) is 5.57. The van der Waals surface area contributed by atoms with Gasteiger partial charge in [0.05, 0.1) is 6.54 Å². The molecular formula is C18H30N2O3. The van der Waals surface area contributed by atoms with Crippen molar-refractivity contribution < 1.29 is 14.7 Å². The van der Waals surface area contributed by atoms with Crippen LogP contribution in [0.1, 0.15) is 64.2 Å². The zero-order chi connectivity index (χ0) is 16.2. The maximum Gasteiger partial charge on any atom is 0.303 e. The molecule has 130 valence electrons. The molecule has 0 spiro atoms. The fraction of sp³-hybridized carbons (Fsp3) is 0.889. The molecule has 2 saturated carbocycles. The Balaban J connectivity index is 1.51. The number of hydrogen-bond donors (Lipinski definition) is 1. The van der Waals surface area contributed by atoms with Crippen LogP contribution in [0, 0.1) is 5.92 Å². The number of hydrogen-bond acceptors (Lipinski definition) is 3. The van der Waals surface area contributed by atoms with Gasteiger partial charge in [0.2, 0.25) is 5.91 Å². The molecule has 1 N–H and O–H groups in total. The number of aliphatic carboxylic acids is 1. The summed E-state index contributed by atoms with van der Waals surface area (Å²) in [6.07, 6.45) is 10.4. The number of amides is 1. The smallest absolute Gasteiger partial charge is 0.303 e. The molecule has 0 bridgehead atoms. The van der Waals surface area contributed by atoms with Crippen molar-refractivity contribution in [3.63, 3.8) is 0 Å². The second-order valence-electron chi connectivity index (χ2n) is 7.64. The van der Waals surface area contributed by atoms with E-state index in [1.54, 1.807) is 0 Å². The van der Waals surface area contributed by atoms with Crippen molar-refractivity contribution in [2.75, 3.05) is 19.6 Å². The summed E-state index contributed by atoms with van der Waals surface area (Å²) >= 11 is 0. The molecule has 3 aliphatic rings. The SMILES string of the molecule is O=C(O)C[C@H]1CCCN(CC(=O)N(C2CCCC2)C2CC2)CC1. The van der Waals surface area contributed by atoms with E-state index in [9.17, 15) is 9.59 Å². The van der Waals surface area contributed by atoms with Gasteiger partial charge in [-0.3, -0.25) is 14.5 Å². The lowest BCUT2D eigenvalue weighted by Crippen LogP contribution is -2.46. The molecule has 0 aromatic carbocycles. The fourth-order valence-electron chi connectivity index (χ4n) is 4.35. The van der Waals surface area contributed by atoms with E-state index in [0.29, 0.717) is 24.5 Å². The second kappa shape index (κ2) is 7.65. The van der Waals surface area contributed by atoms with E-state index in [1.165, 1.54) is 38.5 Å². The Morgan fingerprint density at radius 3 is 2.26 bits per heavy atom. The highest BCUT2D eigenvalue weighted by Gasteiger charge is 2.38. The molecule has 3 rings (SSSR count). The first-order valence-electron chi connectivity index (χ1n) is 9.39. The van der Waals surface area contributed by atoms with Crippen LogP contribution in [0.25, 0.3) is 0 Å². The van der Waals surface area contributed by atoms with Crippen LogP contribution in [-0.4, -0.2) is 58.5 Å². The molecule has 1 amide bonds. The van der Waals surface area contributed by atoms with E-state index in [4.69, 9.17) is 5.11 Å². The van der Waals surface area contributed by atoms with Gasteiger partial charge in [-0.1, -0.05) is 12.8 Å². The monoisotopic (exact) mass is 322 g/mol. The highest BCUT2D eigenvalue weighted by molar-refractivity contribution is 5.79. The van der Waals surface area contributed by atoms with Crippen LogP contribution >= 0.6 is 0 Å². The lowest BCUT2D eigenvalue weighted by molar-refractivity contribution is -0.138. The second-order valence-corrected chi connectivity index (χ2v) is 7.64. The first-order valence-corrected chi connectivity index (χ1v) is 9.39. The average Bonchev–Trinajstić information content (AvgIpc) is 3.22. The van der Waals surface area contributed by atoms with Crippen molar-refractivity contribution in [2.45, 2.75) is 76.3 Å². The Bertz CT molecular complexity index is 430. The van der Waals surface area contributed by atoms with E-state index in [-0.39, 0.29) is 12.3 Å². The van der Waals surface area contributed by atoms with E-state index < -0.39 is 5.97 Å². The number of rotatable bonds is 6. The number of carbonyl (C=O) groups is 2.